The van der Waals surface area contributed by atoms with Gasteiger partial charge in [0.15, 0.2) is 11.5 Å². The van der Waals surface area contributed by atoms with Crippen LogP contribution in [0.2, 0.25) is 0 Å². The molecule has 0 spiro atoms. The number of terminal acetylenes is 1. The Morgan fingerprint density at radius 1 is 1.35 bits per heavy atom. The molecule has 0 aliphatic carbocycles. The summed E-state index contributed by atoms with van der Waals surface area (Å²) in [5.74, 6) is 3.64. The van der Waals surface area contributed by atoms with E-state index in [2.05, 4.69) is 5.92 Å². The minimum absolute atomic E-state index is 0.202. The summed E-state index contributed by atoms with van der Waals surface area (Å²) in [6.07, 6.45) is 8.24. The summed E-state index contributed by atoms with van der Waals surface area (Å²) in [5, 5.41) is 8.46. The molecule has 3 heteroatoms. The minimum Gasteiger partial charge on any atom is -0.490 e. The van der Waals surface area contributed by atoms with Gasteiger partial charge in [-0.2, -0.15) is 5.26 Å². The predicted octanol–water partition coefficient (Wildman–Crippen LogP) is 2.63. The lowest BCUT2D eigenvalue weighted by Crippen LogP contribution is -1.99. The maximum atomic E-state index is 8.46. The number of benzene rings is 1. The van der Waals surface area contributed by atoms with Crippen LogP contribution in [-0.2, 0) is 0 Å². The van der Waals surface area contributed by atoms with Crippen LogP contribution in [0, 0.1) is 23.7 Å². The predicted molar refractivity (Wildman–Crippen MR) is 66.6 cm³/mol. The van der Waals surface area contributed by atoms with Crippen molar-refractivity contribution in [2.24, 2.45) is 0 Å². The van der Waals surface area contributed by atoms with Gasteiger partial charge in [0.1, 0.15) is 6.61 Å². The molecule has 0 heterocycles. The second-order valence-electron chi connectivity index (χ2n) is 3.09. The molecule has 0 unspecified atom stereocenters. The van der Waals surface area contributed by atoms with Crippen molar-refractivity contribution in [3.63, 3.8) is 0 Å². The van der Waals surface area contributed by atoms with Gasteiger partial charge >= 0.3 is 0 Å². The standard InChI is InChI=1S/C14H13NO2/c1-3-10-17-13-8-7-12(6-5-9-15)11-14(13)16-4-2/h1,5-8,11H,4,10H2,2H3/b6-5+. The highest BCUT2D eigenvalue weighted by Gasteiger charge is 2.04. The lowest BCUT2D eigenvalue weighted by atomic mass is 10.2. The molecule has 0 aliphatic rings. The summed E-state index contributed by atoms with van der Waals surface area (Å²) in [6, 6.07) is 7.36. The molecule has 0 radical (unpaired) electrons. The number of allylic oxidation sites excluding steroid dienone is 1. The van der Waals surface area contributed by atoms with Gasteiger partial charge in [-0.25, -0.2) is 0 Å². The molecule has 0 aromatic heterocycles. The summed E-state index contributed by atoms with van der Waals surface area (Å²) in [7, 11) is 0. The van der Waals surface area contributed by atoms with E-state index in [1.54, 1.807) is 12.1 Å². The maximum Gasteiger partial charge on any atom is 0.162 e. The molecule has 1 aromatic rings. The van der Waals surface area contributed by atoms with Gasteiger partial charge in [-0.15, -0.1) is 6.42 Å². The van der Waals surface area contributed by atoms with E-state index in [1.807, 2.05) is 25.1 Å². The fourth-order valence-corrected chi connectivity index (χ4v) is 1.27. The summed E-state index contributed by atoms with van der Waals surface area (Å²) in [4.78, 5) is 0. The Hall–Kier alpha value is -2.39. The Morgan fingerprint density at radius 2 is 2.18 bits per heavy atom. The van der Waals surface area contributed by atoms with Gasteiger partial charge in [-0.05, 0) is 30.7 Å². The molecule has 0 saturated heterocycles. The van der Waals surface area contributed by atoms with Crippen LogP contribution in [0.4, 0.5) is 0 Å². The van der Waals surface area contributed by atoms with Gasteiger partial charge in [-0.1, -0.05) is 12.0 Å². The van der Waals surface area contributed by atoms with Gasteiger partial charge in [0.25, 0.3) is 0 Å². The van der Waals surface area contributed by atoms with E-state index in [4.69, 9.17) is 21.2 Å². The topological polar surface area (TPSA) is 42.2 Å². The van der Waals surface area contributed by atoms with Crippen LogP contribution in [0.5, 0.6) is 11.5 Å². The summed E-state index contributed by atoms with van der Waals surface area (Å²) in [5.41, 5.74) is 0.878. The van der Waals surface area contributed by atoms with Crippen molar-refractivity contribution in [1.29, 1.82) is 5.26 Å². The highest BCUT2D eigenvalue weighted by molar-refractivity contribution is 5.57. The van der Waals surface area contributed by atoms with Crippen molar-refractivity contribution in [1.82, 2.24) is 0 Å². The van der Waals surface area contributed by atoms with E-state index in [9.17, 15) is 0 Å². The van der Waals surface area contributed by atoms with Crippen molar-refractivity contribution in [3.05, 3.63) is 29.8 Å². The van der Waals surface area contributed by atoms with Crippen LogP contribution >= 0.6 is 0 Å². The third-order valence-electron chi connectivity index (χ3n) is 1.93. The Labute approximate surface area is 101 Å². The first-order chi connectivity index (χ1) is 8.31. The summed E-state index contributed by atoms with van der Waals surface area (Å²) >= 11 is 0. The number of nitriles is 1. The molecular weight excluding hydrogens is 214 g/mol. The molecule has 3 nitrogen and oxygen atoms in total. The molecule has 0 amide bonds. The average Bonchev–Trinajstić information content (AvgIpc) is 2.35. The van der Waals surface area contributed by atoms with Crippen LogP contribution in [0.25, 0.3) is 6.08 Å². The van der Waals surface area contributed by atoms with Crippen LogP contribution in [0.15, 0.2) is 24.3 Å². The highest BCUT2D eigenvalue weighted by Crippen LogP contribution is 2.28. The molecule has 0 saturated carbocycles. The van der Waals surface area contributed by atoms with E-state index in [0.29, 0.717) is 18.1 Å². The lowest BCUT2D eigenvalue weighted by Gasteiger charge is -2.10. The van der Waals surface area contributed by atoms with E-state index < -0.39 is 0 Å². The molecule has 1 rings (SSSR count). The SMILES string of the molecule is C#CCOc1ccc(/C=C/C#N)cc1OCC. The summed E-state index contributed by atoms with van der Waals surface area (Å²) in [6.45, 7) is 2.63. The zero-order valence-electron chi connectivity index (χ0n) is 9.64. The van der Waals surface area contributed by atoms with Crippen LogP contribution in [-0.4, -0.2) is 13.2 Å². The Morgan fingerprint density at radius 3 is 2.82 bits per heavy atom. The third kappa shape index (κ3) is 3.93. The second-order valence-corrected chi connectivity index (χ2v) is 3.09. The summed E-state index contributed by atoms with van der Waals surface area (Å²) < 4.78 is 10.8. The van der Waals surface area contributed by atoms with Crippen molar-refractivity contribution in [2.45, 2.75) is 6.92 Å². The fraction of sp³-hybridized carbons (Fsp3) is 0.214. The van der Waals surface area contributed by atoms with E-state index in [0.717, 1.165) is 5.56 Å². The quantitative estimate of drug-likeness (QED) is 0.573. The Kier molecular flexibility index (Phi) is 5.20. The molecule has 0 aliphatic heterocycles. The third-order valence-corrected chi connectivity index (χ3v) is 1.93. The monoisotopic (exact) mass is 227 g/mol. The number of hydrogen-bond donors (Lipinski definition) is 0. The van der Waals surface area contributed by atoms with Crippen LogP contribution in [0.1, 0.15) is 12.5 Å². The number of rotatable bonds is 5. The first-order valence-corrected chi connectivity index (χ1v) is 5.21. The zero-order chi connectivity index (χ0) is 12.5. The first-order valence-electron chi connectivity index (χ1n) is 5.21. The van der Waals surface area contributed by atoms with Gasteiger partial charge in [0, 0.05) is 6.08 Å². The Bertz CT molecular complexity index is 478. The maximum absolute atomic E-state index is 8.46. The molecule has 0 fully saturated rings. The number of ether oxygens (including phenoxy) is 2. The van der Waals surface area contributed by atoms with Crippen molar-refractivity contribution < 1.29 is 9.47 Å². The highest BCUT2D eigenvalue weighted by atomic mass is 16.5. The largest absolute Gasteiger partial charge is 0.490 e. The van der Waals surface area contributed by atoms with Crippen LogP contribution in [0.3, 0.4) is 0 Å². The average molecular weight is 227 g/mol. The van der Waals surface area contributed by atoms with Crippen molar-refractivity contribution in [2.75, 3.05) is 13.2 Å². The lowest BCUT2D eigenvalue weighted by molar-refractivity contribution is 0.299. The van der Waals surface area contributed by atoms with Crippen LogP contribution < -0.4 is 9.47 Å². The second kappa shape index (κ2) is 6.98. The smallest absolute Gasteiger partial charge is 0.162 e. The normalized spacial score (nSPS) is 9.59. The molecular formula is C14H13NO2. The van der Waals surface area contributed by atoms with Crippen molar-refractivity contribution >= 4 is 6.08 Å². The van der Waals surface area contributed by atoms with Gasteiger partial charge < -0.3 is 9.47 Å². The molecule has 17 heavy (non-hydrogen) atoms. The van der Waals surface area contributed by atoms with E-state index in [1.165, 1.54) is 6.08 Å². The molecule has 0 atom stereocenters. The zero-order valence-corrected chi connectivity index (χ0v) is 9.64. The van der Waals surface area contributed by atoms with E-state index in [-0.39, 0.29) is 6.61 Å². The molecule has 0 N–H and O–H groups in total. The van der Waals surface area contributed by atoms with Gasteiger partial charge in [0.05, 0.1) is 12.7 Å². The number of nitrogens with zero attached hydrogens (tertiary/aromatic N) is 1. The first kappa shape index (κ1) is 12.7. The fourth-order valence-electron chi connectivity index (χ4n) is 1.27. The molecule has 0 bridgehead atoms. The minimum atomic E-state index is 0.202. The molecule has 1 aromatic carbocycles. The van der Waals surface area contributed by atoms with Gasteiger partial charge in [0.2, 0.25) is 0 Å². The number of hydrogen-bond acceptors (Lipinski definition) is 3. The molecule has 86 valence electrons. The van der Waals surface area contributed by atoms with E-state index >= 15 is 0 Å². The Balaban J connectivity index is 2.96. The van der Waals surface area contributed by atoms with Crippen molar-refractivity contribution in [3.8, 4) is 29.9 Å². The van der Waals surface area contributed by atoms with Gasteiger partial charge in [-0.3, -0.25) is 0 Å².